The Morgan fingerprint density at radius 3 is 2.61 bits per heavy atom. The summed E-state index contributed by atoms with van der Waals surface area (Å²) in [4.78, 5) is 33.7. The SMILES string of the molecule is Cc1cccc(-n2c(O)c([C@@H]3c4[nH]c5ccccc5c4CCN3C)c(=O)[nH]c2=O)c1C. The molecule has 0 unspecified atom stereocenters. The average Bonchev–Trinajstić information content (AvgIpc) is 3.11. The summed E-state index contributed by atoms with van der Waals surface area (Å²) in [5.74, 6) is -0.328. The number of fused-ring (bicyclic) bond motifs is 3. The van der Waals surface area contributed by atoms with Crippen molar-refractivity contribution in [3.05, 3.63) is 91.3 Å². The molecule has 0 aliphatic carbocycles. The molecule has 0 bridgehead atoms. The van der Waals surface area contributed by atoms with Crippen LogP contribution in [0, 0.1) is 13.8 Å². The van der Waals surface area contributed by atoms with E-state index in [1.165, 1.54) is 4.57 Å². The van der Waals surface area contributed by atoms with Crippen molar-refractivity contribution in [3.63, 3.8) is 0 Å². The van der Waals surface area contributed by atoms with Crippen LogP contribution in [0.1, 0.15) is 34.0 Å². The summed E-state index contributed by atoms with van der Waals surface area (Å²) in [6.45, 7) is 4.56. The van der Waals surface area contributed by atoms with Gasteiger partial charge in [0.2, 0.25) is 5.88 Å². The summed E-state index contributed by atoms with van der Waals surface area (Å²) in [5.41, 5.74) is 4.34. The molecule has 2 aromatic heterocycles. The van der Waals surface area contributed by atoms with Crippen molar-refractivity contribution in [3.8, 4) is 11.6 Å². The molecular weight excluding hydrogens is 392 g/mol. The Kier molecular flexibility index (Phi) is 4.37. The molecule has 0 fully saturated rings. The number of nitrogens with zero attached hydrogens (tertiary/aromatic N) is 2. The number of aryl methyl sites for hydroxylation is 1. The third-order valence-electron chi connectivity index (χ3n) is 6.49. The van der Waals surface area contributed by atoms with Gasteiger partial charge in [-0.25, -0.2) is 9.36 Å². The Bertz CT molecular complexity index is 1440. The molecule has 3 N–H and O–H groups in total. The van der Waals surface area contributed by atoms with E-state index in [4.69, 9.17) is 0 Å². The molecule has 5 rings (SSSR count). The highest BCUT2D eigenvalue weighted by Crippen LogP contribution is 2.39. The van der Waals surface area contributed by atoms with Gasteiger partial charge in [-0.1, -0.05) is 30.3 Å². The van der Waals surface area contributed by atoms with Crippen molar-refractivity contribution in [2.75, 3.05) is 13.6 Å². The zero-order valence-corrected chi connectivity index (χ0v) is 17.7. The highest BCUT2D eigenvalue weighted by Gasteiger charge is 2.34. The fourth-order valence-corrected chi connectivity index (χ4v) is 4.71. The maximum atomic E-state index is 13.0. The van der Waals surface area contributed by atoms with E-state index in [1.54, 1.807) is 6.07 Å². The van der Waals surface area contributed by atoms with Gasteiger partial charge in [-0.15, -0.1) is 0 Å². The Morgan fingerprint density at radius 2 is 1.81 bits per heavy atom. The standard InChI is InChI=1S/C24H24N4O3/c1-13-7-6-10-18(14(13)2)28-23(30)19(22(29)26-24(28)31)21-20-16(11-12-27(21)3)15-8-4-5-9-17(15)25-20/h4-10,21,25,30H,11-12H2,1-3H3,(H,26,29,31)/t21-/m1/s1. The van der Waals surface area contributed by atoms with Crippen molar-refractivity contribution in [2.24, 2.45) is 0 Å². The first-order valence-corrected chi connectivity index (χ1v) is 10.3. The summed E-state index contributed by atoms with van der Waals surface area (Å²) >= 11 is 0. The number of hydrogen-bond donors (Lipinski definition) is 3. The first kappa shape index (κ1) is 19.4. The van der Waals surface area contributed by atoms with Crippen molar-refractivity contribution in [1.82, 2.24) is 19.4 Å². The molecule has 1 aliphatic rings. The van der Waals surface area contributed by atoms with E-state index in [-0.39, 0.29) is 11.4 Å². The lowest BCUT2D eigenvalue weighted by molar-refractivity contribution is 0.251. The maximum absolute atomic E-state index is 13.0. The second-order valence-electron chi connectivity index (χ2n) is 8.25. The number of aromatic hydroxyl groups is 1. The Hall–Kier alpha value is -3.58. The number of aromatic amines is 2. The van der Waals surface area contributed by atoms with Crippen molar-refractivity contribution >= 4 is 10.9 Å². The normalized spacial score (nSPS) is 16.5. The molecule has 3 heterocycles. The van der Waals surface area contributed by atoms with Crippen LogP contribution in [0.4, 0.5) is 0 Å². The van der Waals surface area contributed by atoms with E-state index in [2.05, 4.69) is 16.0 Å². The molecule has 158 valence electrons. The number of likely N-dealkylation sites (N-methyl/N-ethyl adjacent to an activating group) is 1. The van der Waals surface area contributed by atoms with E-state index in [9.17, 15) is 14.7 Å². The molecule has 1 atom stereocenters. The second kappa shape index (κ2) is 6.99. The van der Waals surface area contributed by atoms with Gasteiger partial charge in [0.05, 0.1) is 11.7 Å². The smallest absolute Gasteiger partial charge is 0.335 e. The lowest BCUT2D eigenvalue weighted by Crippen LogP contribution is -2.39. The molecule has 31 heavy (non-hydrogen) atoms. The number of rotatable bonds is 2. The lowest BCUT2D eigenvalue weighted by Gasteiger charge is -2.33. The average molecular weight is 416 g/mol. The molecule has 2 aromatic carbocycles. The monoisotopic (exact) mass is 416 g/mol. The van der Waals surface area contributed by atoms with E-state index >= 15 is 0 Å². The number of hydrogen-bond acceptors (Lipinski definition) is 4. The van der Waals surface area contributed by atoms with Crippen molar-refractivity contribution in [2.45, 2.75) is 26.3 Å². The van der Waals surface area contributed by atoms with Crippen LogP contribution >= 0.6 is 0 Å². The first-order chi connectivity index (χ1) is 14.9. The number of nitrogens with one attached hydrogen (secondary N) is 2. The third-order valence-corrected chi connectivity index (χ3v) is 6.49. The van der Waals surface area contributed by atoms with Gasteiger partial charge in [-0.3, -0.25) is 14.7 Å². The molecule has 0 saturated heterocycles. The molecule has 0 amide bonds. The van der Waals surface area contributed by atoms with Crippen molar-refractivity contribution in [1.29, 1.82) is 0 Å². The minimum atomic E-state index is -0.657. The summed E-state index contributed by atoms with van der Waals surface area (Å²) in [5, 5.41) is 12.4. The largest absolute Gasteiger partial charge is 0.494 e. The van der Waals surface area contributed by atoms with Crippen molar-refractivity contribution < 1.29 is 5.11 Å². The summed E-state index contributed by atoms with van der Waals surface area (Å²) < 4.78 is 1.20. The van der Waals surface area contributed by atoms with Gasteiger partial charge >= 0.3 is 5.69 Å². The quantitative estimate of drug-likeness (QED) is 0.468. The van der Waals surface area contributed by atoms with Gasteiger partial charge in [0.1, 0.15) is 5.56 Å². The number of aromatic nitrogens is 3. The van der Waals surface area contributed by atoms with E-state index in [0.29, 0.717) is 5.69 Å². The molecular formula is C24H24N4O3. The fraction of sp³-hybridized carbons (Fsp3) is 0.250. The third kappa shape index (κ3) is 2.84. The van der Waals surface area contributed by atoms with Gasteiger partial charge in [-0.05, 0) is 56.1 Å². The first-order valence-electron chi connectivity index (χ1n) is 10.3. The highest BCUT2D eigenvalue weighted by atomic mass is 16.3. The van der Waals surface area contributed by atoms with Crippen LogP contribution in [0.3, 0.4) is 0 Å². The van der Waals surface area contributed by atoms with Gasteiger partial charge in [0.25, 0.3) is 5.56 Å². The van der Waals surface area contributed by atoms with Gasteiger partial charge in [0, 0.05) is 23.1 Å². The Morgan fingerprint density at radius 1 is 1.03 bits per heavy atom. The molecule has 4 aromatic rings. The highest BCUT2D eigenvalue weighted by molar-refractivity contribution is 5.85. The lowest BCUT2D eigenvalue weighted by atomic mass is 9.93. The van der Waals surface area contributed by atoms with E-state index in [0.717, 1.165) is 46.3 Å². The zero-order chi connectivity index (χ0) is 21.9. The topological polar surface area (TPSA) is 94.1 Å². The molecule has 1 aliphatic heterocycles. The zero-order valence-electron chi connectivity index (χ0n) is 17.7. The van der Waals surface area contributed by atoms with E-state index < -0.39 is 17.3 Å². The van der Waals surface area contributed by atoms with Gasteiger partial charge in [-0.2, -0.15) is 0 Å². The predicted molar refractivity (Wildman–Crippen MR) is 120 cm³/mol. The molecule has 7 heteroatoms. The van der Waals surface area contributed by atoms with Crippen LogP contribution in [0.2, 0.25) is 0 Å². The Balaban J connectivity index is 1.80. The molecule has 0 radical (unpaired) electrons. The summed E-state index contributed by atoms with van der Waals surface area (Å²) in [7, 11) is 1.92. The summed E-state index contributed by atoms with van der Waals surface area (Å²) in [6.07, 6.45) is 0.835. The van der Waals surface area contributed by atoms with Gasteiger partial charge < -0.3 is 10.1 Å². The molecule has 0 spiro atoms. The minimum Gasteiger partial charge on any atom is -0.494 e. The number of H-pyrrole nitrogens is 2. The van der Waals surface area contributed by atoms with Gasteiger partial charge in [0.15, 0.2) is 0 Å². The second-order valence-corrected chi connectivity index (χ2v) is 8.25. The van der Waals surface area contributed by atoms with Crippen LogP contribution in [-0.4, -0.2) is 38.1 Å². The predicted octanol–water partition coefficient (Wildman–Crippen LogP) is 2.91. The van der Waals surface area contributed by atoms with E-state index in [1.807, 2.05) is 56.1 Å². The van der Waals surface area contributed by atoms with Crippen LogP contribution in [0.5, 0.6) is 5.88 Å². The van der Waals surface area contributed by atoms with Crippen LogP contribution < -0.4 is 11.2 Å². The number of para-hydroxylation sites is 1. The van der Waals surface area contributed by atoms with Crippen LogP contribution in [-0.2, 0) is 6.42 Å². The van der Waals surface area contributed by atoms with Crippen LogP contribution in [0.15, 0.2) is 52.1 Å². The summed E-state index contributed by atoms with van der Waals surface area (Å²) in [6, 6.07) is 13.1. The molecule has 7 nitrogen and oxygen atoms in total. The maximum Gasteiger partial charge on any atom is 0.335 e. The Labute approximate surface area is 178 Å². The number of benzene rings is 2. The fourth-order valence-electron chi connectivity index (χ4n) is 4.71. The molecule has 0 saturated carbocycles. The minimum absolute atomic E-state index is 0.163. The van der Waals surface area contributed by atoms with Crippen LogP contribution in [0.25, 0.3) is 16.6 Å².